The van der Waals surface area contributed by atoms with E-state index in [0.29, 0.717) is 23.8 Å². The number of rotatable bonds is 10. The van der Waals surface area contributed by atoms with Crippen molar-refractivity contribution >= 4 is 0 Å². The molecule has 3 unspecified atom stereocenters. The molecule has 1 aromatic heterocycles. The van der Waals surface area contributed by atoms with Crippen LogP contribution in [0.4, 0.5) is 0 Å². The normalized spacial score (nSPS) is 23.9. The van der Waals surface area contributed by atoms with E-state index in [4.69, 9.17) is 5.10 Å². The van der Waals surface area contributed by atoms with Gasteiger partial charge in [0.1, 0.15) is 0 Å². The lowest BCUT2D eigenvalue weighted by Crippen LogP contribution is -2.17. The molecule has 0 radical (unpaired) electrons. The Balaban J connectivity index is 1.79. The highest BCUT2D eigenvalue weighted by molar-refractivity contribution is 5.28. The molecule has 1 aliphatic heterocycles. The highest BCUT2D eigenvalue weighted by Gasteiger charge is 2.35. The van der Waals surface area contributed by atoms with Crippen molar-refractivity contribution < 1.29 is 0 Å². The second-order valence-electron chi connectivity index (χ2n) is 9.15. The highest BCUT2D eigenvalue weighted by Crippen LogP contribution is 2.38. The van der Waals surface area contributed by atoms with Crippen molar-refractivity contribution in [1.29, 1.82) is 0 Å². The maximum Gasteiger partial charge on any atom is 0.0655 e. The van der Waals surface area contributed by atoms with Crippen molar-refractivity contribution in [2.45, 2.75) is 71.3 Å². The average molecular weight is 394 g/mol. The first-order chi connectivity index (χ1) is 14.0. The molecule has 0 spiro atoms. The van der Waals surface area contributed by atoms with E-state index in [2.05, 4.69) is 74.7 Å². The molecular weight excluding hydrogens is 354 g/mol. The van der Waals surface area contributed by atoms with Gasteiger partial charge in [-0.1, -0.05) is 51.3 Å². The van der Waals surface area contributed by atoms with Gasteiger partial charge >= 0.3 is 0 Å². The lowest BCUT2D eigenvalue weighted by molar-refractivity contribution is 0.439. The van der Waals surface area contributed by atoms with Gasteiger partial charge in [0.2, 0.25) is 0 Å². The Hall–Kier alpha value is -2.03. The summed E-state index contributed by atoms with van der Waals surface area (Å²) in [6, 6.07) is 2.76. The van der Waals surface area contributed by atoms with Crippen molar-refractivity contribution in [1.82, 2.24) is 14.7 Å². The van der Waals surface area contributed by atoms with Crippen LogP contribution in [0.15, 0.2) is 55.3 Å². The largest absolute Gasteiger partial charge is 0.377 e. The number of nitrogens with zero attached hydrogens (tertiary/aromatic N) is 3. The quantitative estimate of drug-likeness (QED) is 0.417. The van der Waals surface area contributed by atoms with E-state index in [1.807, 2.05) is 12.3 Å². The topological polar surface area (TPSA) is 21.1 Å². The predicted molar refractivity (Wildman–Crippen MR) is 124 cm³/mol. The van der Waals surface area contributed by atoms with Crippen molar-refractivity contribution in [3.8, 4) is 0 Å². The Kier molecular flexibility index (Phi) is 7.21. The number of aromatic nitrogens is 2. The van der Waals surface area contributed by atoms with Crippen molar-refractivity contribution in [2.75, 3.05) is 13.1 Å². The zero-order valence-corrected chi connectivity index (χ0v) is 18.8. The van der Waals surface area contributed by atoms with E-state index in [0.717, 1.165) is 31.8 Å². The molecule has 1 aromatic rings. The molecule has 0 N–H and O–H groups in total. The maximum atomic E-state index is 5.00. The molecule has 3 rings (SSSR count). The zero-order valence-electron chi connectivity index (χ0n) is 18.8. The van der Waals surface area contributed by atoms with E-state index in [1.54, 1.807) is 0 Å². The van der Waals surface area contributed by atoms with Crippen LogP contribution in [0.3, 0.4) is 0 Å². The smallest absolute Gasteiger partial charge is 0.0655 e. The molecule has 2 heterocycles. The minimum atomic E-state index is 0.383. The van der Waals surface area contributed by atoms with Crippen LogP contribution in [0.1, 0.15) is 82.6 Å². The maximum absolute atomic E-state index is 5.00. The summed E-state index contributed by atoms with van der Waals surface area (Å²) in [5, 5.41) is 5.00. The molecule has 3 atom stereocenters. The molecule has 3 heteroatoms. The molecule has 158 valence electrons. The highest BCUT2D eigenvalue weighted by atomic mass is 15.3. The van der Waals surface area contributed by atoms with E-state index in [1.165, 1.54) is 29.8 Å². The van der Waals surface area contributed by atoms with Crippen LogP contribution in [0.2, 0.25) is 0 Å². The molecule has 1 saturated heterocycles. The molecule has 0 bridgehead atoms. The second-order valence-corrected chi connectivity index (χ2v) is 9.15. The van der Waals surface area contributed by atoms with E-state index >= 15 is 0 Å². The Bertz CT molecular complexity index is 763. The summed E-state index contributed by atoms with van der Waals surface area (Å²) in [7, 11) is 0. The zero-order chi connectivity index (χ0) is 21.0. The van der Waals surface area contributed by atoms with Crippen LogP contribution < -0.4 is 0 Å². The number of likely N-dealkylation sites (tertiary alicyclic amines) is 1. The third-order valence-corrected chi connectivity index (χ3v) is 6.65. The number of hydrogen-bond acceptors (Lipinski definition) is 2. The van der Waals surface area contributed by atoms with Crippen molar-refractivity contribution in [3.63, 3.8) is 0 Å². The van der Waals surface area contributed by atoms with Crippen LogP contribution in [0.25, 0.3) is 0 Å². The first-order valence-electron chi connectivity index (χ1n) is 11.4. The summed E-state index contributed by atoms with van der Waals surface area (Å²) in [6.07, 6.45) is 15.7. The van der Waals surface area contributed by atoms with Crippen LogP contribution in [0, 0.1) is 11.8 Å². The Morgan fingerprint density at radius 1 is 1.24 bits per heavy atom. The molecule has 3 nitrogen and oxygen atoms in total. The van der Waals surface area contributed by atoms with Gasteiger partial charge in [-0.2, -0.15) is 5.10 Å². The Morgan fingerprint density at radius 3 is 2.59 bits per heavy atom. The van der Waals surface area contributed by atoms with Gasteiger partial charge < -0.3 is 4.90 Å². The standard InChI is InChI=1S/C26H39N3/c1-7-20(6)25-16-26(29(27-25)19(4)5)24-18-28(9-3)17-23(24)13-11-10-12-21(8-2)22-14-15-22/h8-12,16,19-20,22-24H,2-3,7,13-15,17-18H2,1,4-6H3/b11-10-,21-12+. The lowest BCUT2D eigenvalue weighted by Gasteiger charge is -2.20. The number of hydrogen-bond donors (Lipinski definition) is 0. The number of allylic oxidation sites excluding steroid dienone is 5. The Morgan fingerprint density at radius 2 is 2.00 bits per heavy atom. The first kappa shape index (κ1) is 21.7. The molecule has 1 aliphatic carbocycles. The summed E-state index contributed by atoms with van der Waals surface area (Å²) in [5.74, 6) is 2.35. The van der Waals surface area contributed by atoms with Crippen LogP contribution >= 0.6 is 0 Å². The average Bonchev–Trinajstić information content (AvgIpc) is 3.32. The molecule has 0 aromatic carbocycles. The SMILES string of the molecule is C=C/C(=C\C=C/CC1CN(C=C)CC1c1cc(C(C)CC)nn1C(C)C)C1CC1. The fourth-order valence-corrected chi connectivity index (χ4v) is 4.42. The summed E-state index contributed by atoms with van der Waals surface area (Å²) < 4.78 is 2.28. The summed E-state index contributed by atoms with van der Waals surface area (Å²) >= 11 is 0. The fourth-order valence-electron chi connectivity index (χ4n) is 4.42. The van der Waals surface area contributed by atoms with Gasteiger partial charge in [0, 0.05) is 30.7 Å². The van der Waals surface area contributed by atoms with Gasteiger partial charge in [-0.05, 0) is 75.1 Å². The van der Waals surface area contributed by atoms with E-state index in [-0.39, 0.29) is 0 Å². The Labute approximate surface area is 177 Å². The molecule has 1 saturated carbocycles. The van der Waals surface area contributed by atoms with Crippen molar-refractivity contribution in [3.05, 3.63) is 66.7 Å². The van der Waals surface area contributed by atoms with Crippen LogP contribution in [-0.4, -0.2) is 27.8 Å². The van der Waals surface area contributed by atoms with Gasteiger partial charge in [-0.25, -0.2) is 0 Å². The van der Waals surface area contributed by atoms with Gasteiger partial charge in [-0.15, -0.1) is 0 Å². The summed E-state index contributed by atoms with van der Waals surface area (Å²) in [4.78, 5) is 2.37. The minimum absolute atomic E-state index is 0.383. The lowest BCUT2D eigenvalue weighted by atomic mass is 9.89. The van der Waals surface area contributed by atoms with E-state index in [9.17, 15) is 0 Å². The third kappa shape index (κ3) is 5.12. The van der Waals surface area contributed by atoms with E-state index < -0.39 is 0 Å². The minimum Gasteiger partial charge on any atom is -0.377 e. The van der Waals surface area contributed by atoms with Crippen LogP contribution in [-0.2, 0) is 0 Å². The fraction of sp³-hybridized carbons (Fsp3) is 0.577. The van der Waals surface area contributed by atoms with Gasteiger partial charge in [-0.3, -0.25) is 4.68 Å². The third-order valence-electron chi connectivity index (χ3n) is 6.65. The van der Waals surface area contributed by atoms with Gasteiger partial charge in [0.15, 0.2) is 0 Å². The second kappa shape index (κ2) is 9.65. The van der Waals surface area contributed by atoms with Crippen LogP contribution in [0.5, 0.6) is 0 Å². The van der Waals surface area contributed by atoms with Gasteiger partial charge in [0.25, 0.3) is 0 Å². The molecule has 29 heavy (non-hydrogen) atoms. The molecule has 2 fully saturated rings. The summed E-state index contributed by atoms with van der Waals surface area (Å²) in [6.45, 7) is 19.1. The van der Waals surface area contributed by atoms with Gasteiger partial charge in [0.05, 0.1) is 5.69 Å². The first-order valence-corrected chi connectivity index (χ1v) is 11.4. The summed E-state index contributed by atoms with van der Waals surface area (Å²) in [5.41, 5.74) is 4.04. The van der Waals surface area contributed by atoms with Crippen molar-refractivity contribution in [2.24, 2.45) is 11.8 Å². The molecule has 0 amide bonds. The molecule has 2 aliphatic rings. The molecular formula is C26H39N3. The monoisotopic (exact) mass is 393 g/mol. The predicted octanol–water partition coefficient (Wildman–Crippen LogP) is 6.61.